The molecule has 1 aromatic carbocycles. The molecule has 27 heavy (non-hydrogen) atoms. The third-order valence-electron chi connectivity index (χ3n) is 5.08. The fourth-order valence-electron chi connectivity index (χ4n) is 3.79. The van der Waals surface area contributed by atoms with Crippen molar-refractivity contribution in [2.75, 3.05) is 24.6 Å². The van der Waals surface area contributed by atoms with Gasteiger partial charge in [-0.05, 0) is 73.7 Å². The summed E-state index contributed by atoms with van der Waals surface area (Å²) >= 11 is 1.82. The summed E-state index contributed by atoms with van der Waals surface area (Å²) in [6, 6.07) is 11.2. The molecule has 5 heteroatoms. The fraction of sp³-hybridized carbons (Fsp3) is 0.500. The van der Waals surface area contributed by atoms with Crippen LogP contribution in [0.1, 0.15) is 55.2 Å². The number of carbonyl (C=O) groups excluding carboxylic acids is 1. The number of aryl methyl sites for hydroxylation is 1. The summed E-state index contributed by atoms with van der Waals surface area (Å²) in [5, 5.41) is 5.19. The first-order valence-corrected chi connectivity index (χ1v) is 10.9. The number of thiophene rings is 1. The Morgan fingerprint density at radius 1 is 1.30 bits per heavy atom. The summed E-state index contributed by atoms with van der Waals surface area (Å²) < 4.78 is 5.10. The highest BCUT2D eigenvalue weighted by Crippen LogP contribution is 2.33. The number of alkyl carbamates (subject to hydrolysis) is 1. The highest BCUT2D eigenvalue weighted by Gasteiger charge is 2.23. The van der Waals surface area contributed by atoms with Gasteiger partial charge >= 0.3 is 6.09 Å². The molecule has 1 unspecified atom stereocenters. The molecule has 1 amide bonds. The molecular formula is C22H30N2O2S. The summed E-state index contributed by atoms with van der Waals surface area (Å²) in [7, 11) is 0. The largest absolute Gasteiger partial charge is 0.450 e. The zero-order valence-electron chi connectivity index (χ0n) is 16.4. The molecule has 1 N–H and O–H groups in total. The molecule has 2 aromatic rings. The Labute approximate surface area is 166 Å². The number of fused-ring (bicyclic) bond motifs is 1. The Balaban J connectivity index is 1.77. The lowest BCUT2D eigenvalue weighted by molar-refractivity contribution is 0.147. The van der Waals surface area contributed by atoms with Gasteiger partial charge in [0.1, 0.15) is 0 Å². The zero-order chi connectivity index (χ0) is 19.1. The number of benzene rings is 1. The summed E-state index contributed by atoms with van der Waals surface area (Å²) in [6.07, 6.45) is 5.02. The first-order chi connectivity index (χ1) is 13.2. The molecule has 0 fully saturated rings. The fourth-order valence-corrected chi connectivity index (χ4v) is 4.49. The van der Waals surface area contributed by atoms with Gasteiger partial charge in [-0.15, -0.1) is 11.3 Å². The number of ether oxygens (including phenoxy) is 1. The second-order valence-corrected chi connectivity index (χ2v) is 8.04. The van der Waals surface area contributed by atoms with Crippen LogP contribution in [0.3, 0.4) is 0 Å². The molecule has 0 spiro atoms. The lowest BCUT2D eigenvalue weighted by Gasteiger charge is -2.30. The first kappa shape index (κ1) is 19.7. The SMILES string of the molecule is CCCN(CCc1cccs1)c1ccc2c(c1)C(NC(=O)OCC)CCC2. The van der Waals surface area contributed by atoms with Crippen LogP contribution in [-0.4, -0.2) is 25.8 Å². The number of nitrogens with zero attached hydrogens (tertiary/aromatic N) is 1. The standard InChI is InChI=1S/C22H30N2O2S/c1-3-13-24(14-12-19-8-6-15-27-19)18-11-10-17-7-5-9-21(20(17)16-18)23-22(25)26-4-2/h6,8,10-11,15-16,21H,3-5,7,9,12-14H2,1-2H3,(H,23,25). The number of anilines is 1. The van der Waals surface area contributed by atoms with Crippen LogP contribution in [0.2, 0.25) is 0 Å². The molecule has 1 aromatic heterocycles. The highest BCUT2D eigenvalue weighted by atomic mass is 32.1. The van der Waals surface area contributed by atoms with E-state index >= 15 is 0 Å². The van der Waals surface area contributed by atoms with E-state index in [4.69, 9.17) is 4.74 Å². The average Bonchev–Trinajstić information content (AvgIpc) is 3.19. The van der Waals surface area contributed by atoms with E-state index in [1.807, 2.05) is 18.3 Å². The Morgan fingerprint density at radius 2 is 2.19 bits per heavy atom. The Kier molecular flexibility index (Phi) is 7.16. The minimum absolute atomic E-state index is 0.0496. The topological polar surface area (TPSA) is 41.6 Å². The van der Waals surface area contributed by atoms with Gasteiger partial charge in [-0.25, -0.2) is 4.79 Å². The van der Waals surface area contributed by atoms with Crippen LogP contribution in [0, 0.1) is 0 Å². The van der Waals surface area contributed by atoms with Gasteiger partial charge in [0.15, 0.2) is 0 Å². The van der Waals surface area contributed by atoms with Gasteiger partial charge in [0, 0.05) is 23.7 Å². The van der Waals surface area contributed by atoms with E-state index in [2.05, 4.69) is 52.9 Å². The van der Waals surface area contributed by atoms with Crippen molar-refractivity contribution >= 4 is 23.1 Å². The van der Waals surface area contributed by atoms with Crippen molar-refractivity contribution in [3.8, 4) is 0 Å². The molecular weight excluding hydrogens is 356 g/mol. The lowest BCUT2D eigenvalue weighted by Crippen LogP contribution is -2.32. The van der Waals surface area contributed by atoms with Gasteiger partial charge in [-0.1, -0.05) is 19.1 Å². The minimum Gasteiger partial charge on any atom is -0.450 e. The molecule has 0 aliphatic heterocycles. The minimum atomic E-state index is -0.316. The van der Waals surface area contributed by atoms with Crippen molar-refractivity contribution in [2.45, 2.75) is 52.0 Å². The van der Waals surface area contributed by atoms with Crippen molar-refractivity contribution in [3.05, 3.63) is 51.7 Å². The van der Waals surface area contributed by atoms with E-state index in [1.165, 1.54) is 21.7 Å². The summed E-state index contributed by atoms with van der Waals surface area (Å²) in [4.78, 5) is 15.8. The van der Waals surface area contributed by atoms with Crippen molar-refractivity contribution in [1.29, 1.82) is 0 Å². The number of hydrogen-bond acceptors (Lipinski definition) is 4. The van der Waals surface area contributed by atoms with Crippen LogP contribution in [0.25, 0.3) is 0 Å². The number of carbonyl (C=O) groups is 1. The van der Waals surface area contributed by atoms with Crippen LogP contribution in [0.5, 0.6) is 0 Å². The molecule has 1 aliphatic rings. The molecule has 146 valence electrons. The lowest BCUT2D eigenvalue weighted by atomic mass is 9.87. The van der Waals surface area contributed by atoms with Crippen LogP contribution in [-0.2, 0) is 17.6 Å². The smallest absolute Gasteiger partial charge is 0.407 e. The maximum absolute atomic E-state index is 11.9. The van der Waals surface area contributed by atoms with E-state index in [0.29, 0.717) is 6.61 Å². The van der Waals surface area contributed by atoms with Crippen LogP contribution in [0.15, 0.2) is 35.7 Å². The summed E-state index contributed by atoms with van der Waals surface area (Å²) in [6.45, 7) is 6.52. The van der Waals surface area contributed by atoms with Gasteiger partial charge in [-0.3, -0.25) is 0 Å². The molecule has 0 radical (unpaired) electrons. The molecule has 0 saturated carbocycles. The molecule has 0 bridgehead atoms. The third-order valence-corrected chi connectivity index (χ3v) is 6.01. The number of hydrogen-bond donors (Lipinski definition) is 1. The van der Waals surface area contributed by atoms with Gasteiger partial charge in [-0.2, -0.15) is 0 Å². The van der Waals surface area contributed by atoms with Crippen LogP contribution in [0.4, 0.5) is 10.5 Å². The molecule has 1 heterocycles. The first-order valence-electron chi connectivity index (χ1n) is 10.0. The molecule has 1 aliphatic carbocycles. The predicted octanol–water partition coefficient (Wildman–Crippen LogP) is 5.33. The third kappa shape index (κ3) is 5.25. The van der Waals surface area contributed by atoms with Crippen molar-refractivity contribution in [3.63, 3.8) is 0 Å². The second-order valence-electron chi connectivity index (χ2n) is 7.01. The van der Waals surface area contributed by atoms with Crippen molar-refractivity contribution in [2.24, 2.45) is 0 Å². The normalized spacial score (nSPS) is 15.9. The maximum atomic E-state index is 11.9. The summed E-state index contributed by atoms with van der Waals surface area (Å²) in [5.74, 6) is 0. The molecule has 0 saturated heterocycles. The number of amides is 1. The number of nitrogens with one attached hydrogen (secondary N) is 1. The van der Waals surface area contributed by atoms with E-state index in [9.17, 15) is 4.79 Å². The number of rotatable bonds is 8. The van der Waals surface area contributed by atoms with Gasteiger partial charge < -0.3 is 15.0 Å². The van der Waals surface area contributed by atoms with E-state index in [1.54, 1.807) is 0 Å². The Morgan fingerprint density at radius 3 is 2.93 bits per heavy atom. The van der Waals surface area contributed by atoms with Crippen molar-refractivity contribution in [1.82, 2.24) is 5.32 Å². The quantitative estimate of drug-likeness (QED) is 0.667. The van der Waals surface area contributed by atoms with E-state index in [-0.39, 0.29) is 12.1 Å². The van der Waals surface area contributed by atoms with Crippen molar-refractivity contribution < 1.29 is 9.53 Å². The Bertz CT molecular complexity index is 730. The zero-order valence-corrected chi connectivity index (χ0v) is 17.2. The van der Waals surface area contributed by atoms with E-state index < -0.39 is 0 Å². The predicted molar refractivity (Wildman–Crippen MR) is 113 cm³/mol. The maximum Gasteiger partial charge on any atom is 0.407 e. The molecule has 4 nitrogen and oxygen atoms in total. The monoisotopic (exact) mass is 386 g/mol. The van der Waals surface area contributed by atoms with Gasteiger partial charge in [0.25, 0.3) is 0 Å². The summed E-state index contributed by atoms with van der Waals surface area (Å²) in [5.41, 5.74) is 3.86. The highest BCUT2D eigenvalue weighted by molar-refractivity contribution is 7.09. The molecule has 3 rings (SSSR count). The molecule has 1 atom stereocenters. The van der Waals surface area contributed by atoms with Crippen LogP contribution >= 0.6 is 11.3 Å². The Hall–Kier alpha value is -2.01. The van der Waals surface area contributed by atoms with Crippen LogP contribution < -0.4 is 10.2 Å². The van der Waals surface area contributed by atoms with Gasteiger partial charge in [0.2, 0.25) is 0 Å². The van der Waals surface area contributed by atoms with E-state index in [0.717, 1.165) is 45.2 Å². The second kappa shape index (κ2) is 9.79. The average molecular weight is 387 g/mol. The van der Waals surface area contributed by atoms with Gasteiger partial charge in [0.05, 0.1) is 12.6 Å².